The van der Waals surface area contributed by atoms with Gasteiger partial charge in [0.15, 0.2) is 12.4 Å². The Morgan fingerprint density at radius 3 is 1.04 bits per heavy atom. The van der Waals surface area contributed by atoms with Crippen LogP contribution >= 0.6 is 0 Å². The average molecular weight is 1070 g/mol. The van der Waals surface area contributed by atoms with Gasteiger partial charge in [-0.2, -0.15) is 0 Å². The van der Waals surface area contributed by atoms with Crippen molar-refractivity contribution in [1.82, 2.24) is 0 Å². The van der Waals surface area contributed by atoms with Gasteiger partial charge in [0.1, 0.15) is 13.2 Å². The third kappa shape index (κ3) is 58.7. The fraction of sp³-hybridized carbons (Fsp3) is 0.603. The van der Waals surface area contributed by atoms with Crippen molar-refractivity contribution in [3.05, 3.63) is 146 Å². The second-order valence-corrected chi connectivity index (χ2v) is 20.5. The first-order valence-corrected chi connectivity index (χ1v) is 30.0. The molecule has 0 aliphatic carbocycles. The molecule has 0 fully saturated rings. The summed E-state index contributed by atoms with van der Waals surface area (Å²) < 4.78 is 22.7. The highest BCUT2D eigenvalue weighted by Crippen LogP contribution is 2.14. The monoisotopic (exact) mass is 1070 g/mol. The van der Waals surface area contributed by atoms with Crippen LogP contribution < -0.4 is 5.11 Å². The van der Waals surface area contributed by atoms with Gasteiger partial charge in [-0.25, -0.2) is 0 Å². The van der Waals surface area contributed by atoms with Gasteiger partial charge in [0.05, 0.1) is 40.3 Å². The topological polar surface area (TPSA) is 111 Å². The van der Waals surface area contributed by atoms with Gasteiger partial charge in [-0.1, -0.05) is 224 Å². The molecule has 77 heavy (non-hydrogen) atoms. The number of likely N-dealkylation sites (N-methyl/N-ethyl adjacent to an activating group) is 1. The highest BCUT2D eigenvalue weighted by Gasteiger charge is 2.22. The number of aliphatic carboxylic acids is 1. The minimum Gasteiger partial charge on any atom is -0.545 e. The van der Waals surface area contributed by atoms with Crippen molar-refractivity contribution in [1.29, 1.82) is 0 Å². The number of quaternary nitrogens is 1. The van der Waals surface area contributed by atoms with E-state index >= 15 is 0 Å². The number of ether oxygens (including phenoxy) is 4. The molecule has 0 aromatic carbocycles. The maximum atomic E-state index is 12.9. The summed E-state index contributed by atoms with van der Waals surface area (Å²) in [7, 11) is 5.90. The Bertz CT molecular complexity index is 1770. The summed E-state index contributed by atoms with van der Waals surface area (Å²) >= 11 is 0. The summed E-state index contributed by atoms with van der Waals surface area (Å²) in [6, 6.07) is 0. The van der Waals surface area contributed by atoms with Crippen LogP contribution in [0.3, 0.4) is 0 Å². The molecule has 9 heteroatoms. The Kier molecular flexibility index (Phi) is 53.8. The number of hydrogen-bond acceptors (Lipinski definition) is 8. The summed E-state index contributed by atoms with van der Waals surface area (Å²) in [4.78, 5) is 37.3. The zero-order valence-electron chi connectivity index (χ0n) is 49.3. The van der Waals surface area contributed by atoms with Crippen molar-refractivity contribution in [2.24, 2.45) is 0 Å². The largest absolute Gasteiger partial charge is 0.545 e. The first kappa shape index (κ1) is 72.2. The normalized spacial score (nSPS) is 13.8. The summed E-state index contributed by atoms with van der Waals surface area (Å²) in [5.41, 5.74) is 0. The zero-order valence-corrected chi connectivity index (χ0v) is 49.3. The van der Waals surface area contributed by atoms with E-state index in [0.29, 0.717) is 17.4 Å². The van der Waals surface area contributed by atoms with Gasteiger partial charge in [-0.05, 0) is 116 Å². The average Bonchev–Trinajstić information content (AvgIpc) is 3.40. The van der Waals surface area contributed by atoms with Gasteiger partial charge in [0.2, 0.25) is 0 Å². The quantitative estimate of drug-likeness (QED) is 0.0195. The Morgan fingerprint density at radius 1 is 0.390 bits per heavy atom. The van der Waals surface area contributed by atoms with Crippen molar-refractivity contribution in [3.63, 3.8) is 0 Å². The lowest BCUT2D eigenvalue weighted by atomic mass is 10.1. The maximum Gasteiger partial charge on any atom is 0.306 e. The molecule has 0 radical (unpaired) electrons. The molecule has 434 valence electrons. The molecule has 0 heterocycles. The lowest BCUT2D eigenvalue weighted by Gasteiger charge is -2.26. The molecule has 9 nitrogen and oxygen atoms in total. The number of esters is 2. The van der Waals surface area contributed by atoms with Crippen LogP contribution in [0, 0.1) is 0 Å². The van der Waals surface area contributed by atoms with Crippen LogP contribution in [0.5, 0.6) is 0 Å². The van der Waals surface area contributed by atoms with E-state index in [-0.39, 0.29) is 38.6 Å². The van der Waals surface area contributed by atoms with E-state index in [4.69, 9.17) is 18.9 Å². The van der Waals surface area contributed by atoms with Gasteiger partial charge >= 0.3 is 11.9 Å². The van der Waals surface area contributed by atoms with Gasteiger partial charge < -0.3 is 33.3 Å². The number of hydrogen-bond donors (Lipinski definition) is 0. The minimum atomic E-state index is -1.64. The first-order valence-electron chi connectivity index (χ1n) is 30.0. The van der Waals surface area contributed by atoms with Crippen LogP contribution in [0.25, 0.3) is 0 Å². The van der Waals surface area contributed by atoms with E-state index in [1.165, 1.54) is 25.7 Å². The molecule has 0 saturated carbocycles. The predicted molar refractivity (Wildman–Crippen MR) is 324 cm³/mol. The van der Waals surface area contributed by atoms with E-state index in [1.54, 1.807) is 0 Å². The first-order chi connectivity index (χ1) is 37.6. The van der Waals surface area contributed by atoms with E-state index < -0.39 is 24.3 Å². The number of carboxylic acid groups (broad SMARTS) is 1. The molecule has 0 rings (SSSR count). The molecule has 0 saturated heterocycles. The molecule has 0 N–H and O–H groups in total. The summed E-state index contributed by atoms with van der Waals surface area (Å²) in [5, 5.41) is 11.8. The summed E-state index contributed by atoms with van der Waals surface area (Å²) in [6.07, 6.45) is 80.3. The number of unbranched alkanes of at least 4 members (excludes halogenated alkanes) is 14. The highest BCUT2D eigenvalue weighted by molar-refractivity contribution is 5.70. The minimum absolute atomic E-state index is 0.134. The zero-order chi connectivity index (χ0) is 56.2. The van der Waals surface area contributed by atoms with Gasteiger partial charge in [0.25, 0.3) is 0 Å². The van der Waals surface area contributed by atoms with Gasteiger partial charge in [-0.3, -0.25) is 9.59 Å². The number of rotatable bonds is 53. The Balaban J connectivity index is 4.32. The third-order valence-corrected chi connectivity index (χ3v) is 12.1. The van der Waals surface area contributed by atoms with Crippen LogP contribution in [0.2, 0.25) is 0 Å². The molecule has 0 aliphatic heterocycles. The van der Waals surface area contributed by atoms with Gasteiger partial charge in [-0.15, -0.1) is 0 Å². The van der Waals surface area contributed by atoms with Gasteiger partial charge in [0, 0.05) is 12.8 Å². The van der Waals surface area contributed by atoms with E-state index in [9.17, 15) is 19.5 Å². The summed E-state index contributed by atoms with van der Waals surface area (Å²) in [6.45, 7) is 4.47. The van der Waals surface area contributed by atoms with Crippen molar-refractivity contribution in [3.8, 4) is 0 Å². The predicted octanol–water partition coefficient (Wildman–Crippen LogP) is 16.7. The molecule has 0 aliphatic rings. The number of carboxylic acids is 1. The molecule has 2 atom stereocenters. The van der Waals surface area contributed by atoms with E-state index in [1.807, 2.05) is 21.1 Å². The number of carbonyl (C=O) groups excluding carboxylic acids is 3. The van der Waals surface area contributed by atoms with Crippen molar-refractivity contribution in [2.75, 3.05) is 47.5 Å². The smallest absolute Gasteiger partial charge is 0.306 e. The molecule has 0 spiro atoms. The van der Waals surface area contributed by atoms with Crippen molar-refractivity contribution >= 4 is 17.9 Å². The Labute approximate surface area is 471 Å². The third-order valence-electron chi connectivity index (χ3n) is 12.1. The SMILES string of the molecule is CC/C=C\C/C=C\C/C=C\C/C=C\C/C=C\C/C=C\C/C=C\C/C=C\CCCCCCCCC(=O)OC(COC(=O)CCCCCCCCCC/C=C\C/C=C\C/C=C\C/C=C\CC)COC(OCC[N+](C)(C)C)C(=O)[O-]. The fourth-order valence-corrected chi connectivity index (χ4v) is 7.54. The van der Waals surface area contributed by atoms with E-state index in [0.717, 1.165) is 148 Å². The second-order valence-electron chi connectivity index (χ2n) is 20.5. The molecule has 0 amide bonds. The Hall–Kier alpha value is -4.83. The standard InChI is InChI=1S/C68H109NO8/c1-6-8-10-12-14-16-18-20-22-24-26-28-29-30-31-32-33-34-35-36-37-39-41-43-45-47-49-51-53-55-57-59-66(71)77-64(63-76-68(67(72)73)74-61-60-69(3,4)5)62-75-65(70)58-56-54-52-50-48-46-44-42-40-38-27-25-23-21-19-17-15-13-11-9-7-2/h8-11,14-17,20-23,26-28,30-31,33-34,36-38,41,43,64,68H,6-7,12-13,18-19,24-25,29,32,35,39-40,42,44-63H2,1-5H3/b10-8-,11-9-,16-14-,17-15-,22-20-,23-21-,28-26-,31-30-,34-33-,37-36-,38-27-,43-41-. The molecular formula is C68H109NO8. The lowest BCUT2D eigenvalue weighted by Crippen LogP contribution is -2.44. The molecule has 2 unspecified atom stereocenters. The number of nitrogens with zero attached hydrogens (tertiary/aromatic N) is 1. The van der Waals surface area contributed by atoms with E-state index in [2.05, 4.69) is 160 Å². The van der Waals surface area contributed by atoms with Crippen LogP contribution in [0.4, 0.5) is 0 Å². The molecule has 0 aromatic rings. The molecular weight excluding hydrogens is 959 g/mol. The van der Waals surface area contributed by atoms with Crippen LogP contribution in [-0.2, 0) is 33.3 Å². The molecule has 0 aromatic heterocycles. The molecule has 0 bridgehead atoms. The highest BCUT2D eigenvalue weighted by atomic mass is 16.7. The lowest BCUT2D eigenvalue weighted by molar-refractivity contribution is -0.870. The van der Waals surface area contributed by atoms with Crippen LogP contribution in [0.15, 0.2) is 146 Å². The van der Waals surface area contributed by atoms with Crippen molar-refractivity contribution < 1.29 is 42.9 Å². The Morgan fingerprint density at radius 2 is 0.701 bits per heavy atom. The number of carbonyl (C=O) groups is 3. The number of allylic oxidation sites excluding steroid dienone is 24. The van der Waals surface area contributed by atoms with Crippen LogP contribution in [-0.4, -0.2) is 82.3 Å². The summed E-state index contributed by atoms with van der Waals surface area (Å²) in [5.74, 6) is -2.33. The second kappa shape index (κ2) is 57.3. The van der Waals surface area contributed by atoms with Crippen molar-refractivity contribution in [2.45, 2.75) is 219 Å². The van der Waals surface area contributed by atoms with Crippen LogP contribution in [0.1, 0.15) is 206 Å². The maximum absolute atomic E-state index is 12.9. The fourth-order valence-electron chi connectivity index (χ4n) is 7.54.